The number of methoxy groups -OCH3 is 3. The molecule has 0 radical (unpaired) electrons. The van der Waals surface area contributed by atoms with Gasteiger partial charge in [-0.25, -0.2) is 0 Å². The normalized spacial score (nSPS) is 12.1. The van der Waals surface area contributed by atoms with Crippen molar-refractivity contribution in [3.8, 4) is 17.2 Å². The molecule has 0 aliphatic heterocycles. The summed E-state index contributed by atoms with van der Waals surface area (Å²) in [4.78, 5) is 0. The van der Waals surface area contributed by atoms with Gasteiger partial charge in [-0.3, -0.25) is 0 Å². The van der Waals surface area contributed by atoms with E-state index in [4.69, 9.17) is 31.5 Å². The molecule has 0 saturated heterocycles. The minimum atomic E-state index is 0.238. The van der Waals surface area contributed by atoms with Crippen LogP contribution in [0, 0.1) is 0 Å². The lowest BCUT2D eigenvalue weighted by atomic mass is 9.96. The van der Waals surface area contributed by atoms with Crippen LogP contribution in [0.4, 0.5) is 0 Å². The van der Waals surface area contributed by atoms with Crippen molar-refractivity contribution in [2.24, 2.45) is 5.73 Å². The van der Waals surface area contributed by atoms with Gasteiger partial charge in [-0.1, -0.05) is 18.5 Å². The zero-order valence-electron chi connectivity index (χ0n) is 11.2. The highest BCUT2D eigenvalue weighted by molar-refractivity contribution is 6.34. The molecule has 2 N–H and O–H groups in total. The Balaban J connectivity index is 3.37. The summed E-state index contributed by atoms with van der Waals surface area (Å²) >= 11 is 6.28. The monoisotopic (exact) mass is 273 g/mol. The highest BCUT2D eigenvalue weighted by atomic mass is 35.5. The Labute approximate surface area is 113 Å². The Kier molecular flexibility index (Phi) is 5.56. The van der Waals surface area contributed by atoms with Gasteiger partial charge in [-0.2, -0.15) is 0 Å². The fourth-order valence-corrected chi connectivity index (χ4v) is 2.29. The quantitative estimate of drug-likeness (QED) is 0.866. The molecule has 1 aromatic rings. The van der Waals surface area contributed by atoms with Gasteiger partial charge >= 0.3 is 0 Å². The Bertz CT molecular complexity index is 410. The van der Waals surface area contributed by atoms with Crippen LogP contribution in [-0.2, 0) is 0 Å². The van der Waals surface area contributed by atoms with E-state index in [1.165, 1.54) is 0 Å². The van der Waals surface area contributed by atoms with E-state index in [2.05, 4.69) is 6.92 Å². The predicted molar refractivity (Wildman–Crippen MR) is 73.2 cm³/mol. The average molecular weight is 274 g/mol. The molecule has 0 amide bonds. The largest absolute Gasteiger partial charge is 0.495 e. The van der Waals surface area contributed by atoms with Crippen LogP contribution in [0.5, 0.6) is 17.2 Å². The minimum absolute atomic E-state index is 0.238. The van der Waals surface area contributed by atoms with E-state index in [1.807, 2.05) is 6.07 Å². The molecular weight excluding hydrogens is 254 g/mol. The third-order valence-corrected chi connectivity index (χ3v) is 3.27. The standard InChI is InChI=1S/C13H20ClNO3/c1-8(5-6-15)9-7-10(16-2)13(18-4)11(14)12(9)17-3/h7-8H,5-6,15H2,1-4H3. The van der Waals surface area contributed by atoms with E-state index in [1.54, 1.807) is 21.3 Å². The number of benzene rings is 1. The Morgan fingerprint density at radius 1 is 1.17 bits per heavy atom. The van der Waals surface area contributed by atoms with Crippen LogP contribution >= 0.6 is 11.6 Å². The number of hydrogen-bond donors (Lipinski definition) is 1. The average Bonchev–Trinajstić information content (AvgIpc) is 2.37. The van der Waals surface area contributed by atoms with Crippen LogP contribution in [0.15, 0.2) is 6.07 Å². The van der Waals surface area contributed by atoms with E-state index in [-0.39, 0.29) is 5.92 Å². The van der Waals surface area contributed by atoms with Crippen molar-refractivity contribution in [2.75, 3.05) is 27.9 Å². The van der Waals surface area contributed by atoms with Gasteiger partial charge in [0.15, 0.2) is 11.5 Å². The lowest BCUT2D eigenvalue weighted by Gasteiger charge is -2.20. The van der Waals surface area contributed by atoms with Crippen LogP contribution in [0.1, 0.15) is 24.8 Å². The second kappa shape index (κ2) is 6.71. The molecule has 1 aromatic carbocycles. The van der Waals surface area contributed by atoms with Crippen molar-refractivity contribution in [3.05, 3.63) is 16.7 Å². The van der Waals surface area contributed by atoms with Crippen LogP contribution in [0.3, 0.4) is 0 Å². The van der Waals surface area contributed by atoms with Gasteiger partial charge < -0.3 is 19.9 Å². The SMILES string of the molecule is COc1cc(C(C)CCN)c(OC)c(Cl)c1OC. The molecule has 0 heterocycles. The van der Waals surface area contributed by atoms with E-state index in [0.717, 1.165) is 12.0 Å². The molecule has 4 nitrogen and oxygen atoms in total. The Morgan fingerprint density at radius 3 is 2.22 bits per heavy atom. The maximum Gasteiger partial charge on any atom is 0.183 e. The van der Waals surface area contributed by atoms with Gasteiger partial charge in [0.1, 0.15) is 10.8 Å². The minimum Gasteiger partial charge on any atom is -0.495 e. The summed E-state index contributed by atoms with van der Waals surface area (Å²) in [6.07, 6.45) is 0.849. The van der Waals surface area contributed by atoms with E-state index in [0.29, 0.717) is 28.8 Å². The third-order valence-electron chi connectivity index (χ3n) is 2.93. The highest BCUT2D eigenvalue weighted by Crippen LogP contribution is 2.46. The molecular formula is C13H20ClNO3. The molecule has 0 aliphatic rings. The van der Waals surface area contributed by atoms with E-state index < -0.39 is 0 Å². The Hall–Kier alpha value is -1.13. The number of rotatable bonds is 6. The summed E-state index contributed by atoms with van der Waals surface area (Å²) in [5.74, 6) is 1.94. The molecule has 0 aromatic heterocycles. The first-order valence-corrected chi connectivity index (χ1v) is 6.16. The van der Waals surface area contributed by atoms with Gasteiger partial charge in [-0.15, -0.1) is 0 Å². The fraction of sp³-hybridized carbons (Fsp3) is 0.538. The van der Waals surface area contributed by atoms with Crippen molar-refractivity contribution >= 4 is 11.6 Å². The van der Waals surface area contributed by atoms with Crippen LogP contribution in [-0.4, -0.2) is 27.9 Å². The van der Waals surface area contributed by atoms with Gasteiger partial charge in [-0.05, 0) is 24.9 Å². The van der Waals surface area contributed by atoms with Crippen molar-refractivity contribution in [1.29, 1.82) is 0 Å². The molecule has 102 valence electrons. The first kappa shape index (κ1) is 14.9. The first-order chi connectivity index (χ1) is 8.60. The molecule has 0 fully saturated rings. The molecule has 18 heavy (non-hydrogen) atoms. The summed E-state index contributed by atoms with van der Waals surface area (Å²) in [6.45, 7) is 2.68. The van der Waals surface area contributed by atoms with Crippen molar-refractivity contribution in [3.63, 3.8) is 0 Å². The summed E-state index contributed by atoms with van der Waals surface area (Å²) in [5, 5.41) is 0.429. The first-order valence-electron chi connectivity index (χ1n) is 5.79. The molecule has 1 unspecified atom stereocenters. The third kappa shape index (κ3) is 2.82. The summed E-state index contributed by atoms with van der Waals surface area (Å²) in [7, 11) is 4.72. The van der Waals surface area contributed by atoms with Gasteiger partial charge in [0.25, 0.3) is 0 Å². The topological polar surface area (TPSA) is 53.7 Å². The van der Waals surface area contributed by atoms with Crippen LogP contribution < -0.4 is 19.9 Å². The van der Waals surface area contributed by atoms with Crippen molar-refractivity contribution in [2.45, 2.75) is 19.3 Å². The molecule has 1 rings (SSSR count). The van der Waals surface area contributed by atoms with E-state index in [9.17, 15) is 0 Å². The molecule has 0 aliphatic carbocycles. The summed E-state index contributed by atoms with van der Waals surface area (Å²) < 4.78 is 15.9. The van der Waals surface area contributed by atoms with Crippen LogP contribution in [0.25, 0.3) is 0 Å². The van der Waals surface area contributed by atoms with Crippen LogP contribution in [0.2, 0.25) is 5.02 Å². The Morgan fingerprint density at radius 2 is 1.78 bits per heavy atom. The van der Waals surface area contributed by atoms with Gasteiger partial charge in [0.2, 0.25) is 0 Å². The molecule has 0 bridgehead atoms. The smallest absolute Gasteiger partial charge is 0.183 e. The highest BCUT2D eigenvalue weighted by Gasteiger charge is 2.21. The molecule has 1 atom stereocenters. The lowest BCUT2D eigenvalue weighted by Crippen LogP contribution is -2.07. The van der Waals surface area contributed by atoms with Gasteiger partial charge in [0, 0.05) is 5.56 Å². The second-order valence-electron chi connectivity index (χ2n) is 4.03. The summed E-state index contributed by atoms with van der Waals surface area (Å²) in [5.41, 5.74) is 6.57. The lowest BCUT2D eigenvalue weighted by molar-refractivity contribution is 0.346. The molecule has 0 saturated carbocycles. The maximum absolute atomic E-state index is 6.28. The second-order valence-corrected chi connectivity index (χ2v) is 4.40. The summed E-state index contributed by atoms with van der Waals surface area (Å²) in [6, 6.07) is 1.89. The molecule has 5 heteroatoms. The van der Waals surface area contributed by atoms with Gasteiger partial charge in [0.05, 0.1) is 21.3 Å². The fourth-order valence-electron chi connectivity index (χ4n) is 1.93. The predicted octanol–water partition coefficient (Wildman–Crippen LogP) is 2.82. The zero-order valence-corrected chi connectivity index (χ0v) is 12.0. The number of halogens is 1. The number of ether oxygens (including phenoxy) is 3. The van der Waals surface area contributed by atoms with Crippen molar-refractivity contribution < 1.29 is 14.2 Å². The molecule has 0 spiro atoms. The van der Waals surface area contributed by atoms with Crippen molar-refractivity contribution in [1.82, 2.24) is 0 Å². The zero-order chi connectivity index (χ0) is 13.7. The number of nitrogens with two attached hydrogens (primary N) is 1. The maximum atomic E-state index is 6.28. The number of hydrogen-bond acceptors (Lipinski definition) is 4. The van der Waals surface area contributed by atoms with E-state index >= 15 is 0 Å².